The third-order valence-electron chi connectivity index (χ3n) is 4.64. The maximum absolute atomic E-state index is 12.7. The first-order chi connectivity index (χ1) is 12.7. The maximum Gasteiger partial charge on any atom is 0.229 e. The summed E-state index contributed by atoms with van der Waals surface area (Å²) in [5.41, 5.74) is 2.48. The van der Waals surface area contributed by atoms with Gasteiger partial charge in [0.15, 0.2) is 0 Å². The van der Waals surface area contributed by atoms with E-state index in [-0.39, 0.29) is 11.8 Å². The third kappa shape index (κ3) is 3.63. The zero-order chi connectivity index (χ0) is 17.9. The highest BCUT2D eigenvalue weighted by Crippen LogP contribution is 2.24. The van der Waals surface area contributed by atoms with Gasteiger partial charge in [0.25, 0.3) is 0 Å². The molecule has 0 radical (unpaired) electrons. The van der Waals surface area contributed by atoms with E-state index in [9.17, 15) is 4.79 Å². The predicted molar refractivity (Wildman–Crippen MR) is 105 cm³/mol. The summed E-state index contributed by atoms with van der Waals surface area (Å²) in [5, 5.41) is 3.58. The highest BCUT2D eigenvalue weighted by atomic mass is 35.5. The Bertz CT molecular complexity index is 946. The van der Waals surface area contributed by atoms with Gasteiger partial charge >= 0.3 is 0 Å². The molecule has 132 valence electrons. The first-order valence-corrected chi connectivity index (χ1v) is 9.10. The molecule has 26 heavy (non-hydrogen) atoms. The van der Waals surface area contributed by atoms with Crippen LogP contribution in [0.1, 0.15) is 12.8 Å². The molecule has 0 bridgehead atoms. The number of piperidine rings is 1. The molecule has 1 amide bonds. The minimum atomic E-state index is -0.0870. The fourth-order valence-corrected chi connectivity index (χ4v) is 3.50. The quantitative estimate of drug-likeness (QED) is 0.756. The van der Waals surface area contributed by atoms with Crippen LogP contribution in [0.25, 0.3) is 11.0 Å². The summed E-state index contributed by atoms with van der Waals surface area (Å²) in [6, 6.07) is 15.0. The van der Waals surface area contributed by atoms with Crippen LogP contribution < -0.4 is 10.2 Å². The van der Waals surface area contributed by atoms with E-state index in [0.29, 0.717) is 11.6 Å². The molecule has 1 saturated heterocycles. The lowest BCUT2D eigenvalue weighted by atomic mass is 9.97. The van der Waals surface area contributed by atoms with E-state index in [1.54, 1.807) is 18.3 Å². The minimum absolute atomic E-state index is 0.0192. The minimum Gasteiger partial charge on any atom is -0.355 e. The molecule has 2 aromatic carbocycles. The molecular formula is C20H19ClN4O. The van der Waals surface area contributed by atoms with Crippen molar-refractivity contribution in [3.8, 4) is 0 Å². The number of amides is 1. The molecule has 2 heterocycles. The average Bonchev–Trinajstić information content (AvgIpc) is 2.68. The van der Waals surface area contributed by atoms with Crippen molar-refractivity contribution in [2.75, 3.05) is 23.3 Å². The number of fused-ring (bicyclic) bond motifs is 1. The van der Waals surface area contributed by atoms with Gasteiger partial charge in [-0.15, -0.1) is 0 Å². The van der Waals surface area contributed by atoms with Gasteiger partial charge in [0.05, 0.1) is 23.1 Å². The molecule has 1 aromatic heterocycles. The Labute approximate surface area is 157 Å². The van der Waals surface area contributed by atoms with Crippen LogP contribution in [0.2, 0.25) is 5.02 Å². The molecule has 5 nitrogen and oxygen atoms in total. The number of benzene rings is 2. The molecule has 1 atom stereocenters. The summed E-state index contributed by atoms with van der Waals surface area (Å²) in [5.74, 6) is 0.755. The highest BCUT2D eigenvalue weighted by Gasteiger charge is 2.27. The largest absolute Gasteiger partial charge is 0.355 e. The fraction of sp³-hybridized carbons (Fsp3) is 0.250. The topological polar surface area (TPSA) is 58.1 Å². The van der Waals surface area contributed by atoms with Crippen LogP contribution in [0.15, 0.2) is 54.7 Å². The van der Waals surface area contributed by atoms with Crippen LogP contribution in [0.5, 0.6) is 0 Å². The van der Waals surface area contributed by atoms with Crippen molar-refractivity contribution in [3.63, 3.8) is 0 Å². The number of hydrogen-bond acceptors (Lipinski definition) is 4. The molecule has 3 aromatic rings. The summed E-state index contributed by atoms with van der Waals surface area (Å²) < 4.78 is 0. The van der Waals surface area contributed by atoms with Gasteiger partial charge in [-0.2, -0.15) is 0 Å². The van der Waals surface area contributed by atoms with Gasteiger partial charge in [-0.05, 0) is 43.2 Å². The third-order valence-corrected chi connectivity index (χ3v) is 4.88. The number of nitrogens with one attached hydrogen (secondary N) is 1. The molecule has 1 fully saturated rings. The van der Waals surface area contributed by atoms with Crippen molar-refractivity contribution >= 4 is 40.0 Å². The van der Waals surface area contributed by atoms with Crippen LogP contribution in [-0.2, 0) is 4.79 Å². The lowest BCUT2D eigenvalue weighted by molar-refractivity contribution is -0.120. The van der Waals surface area contributed by atoms with E-state index < -0.39 is 0 Å². The molecule has 1 N–H and O–H groups in total. The molecule has 1 aliphatic heterocycles. The molecule has 1 aliphatic rings. The summed E-state index contributed by atoms with van der Waals surface area (Å²) >= 11 is 5.99. The van der Waals surface area contributed by atoms with Gasteiger partial charge in [0, 0.05) is 23.8 Å². The zero-order valence-corrected chi connectivity index (χ0v) is 15.0. The molecular weight excluding hydrogens is 348 g/mol. The molecule has 0 unspecified atom stereocenters. The second-order valence-electron chi connectivity index (χ2n) is 6.50. The van der Waals surface area contributed by atoms with E-state index >= 15 is 0 Å². The van der Waals surface area contributed by atoms with Gasteiger partial charge < -0.3 is 10.2 Å². The summed E-state index contributed by atoms with van der Waals surface area (Å²) in [4.78, 5) is 24.0. The zero-order valence-electron chi connectivity index (χ0n) is 14.2. The van der Waals surface area contributed by atoms with Crippen molar-refractivity contribution in [1.29, 1.82) is 0 Å². The number of nitrogens with zero attached hydrogens (tertiary/aromatic N) is 3. The van der Waals surface area contributed by atoms with Crippen LogP contribution in [0, 0.1) is 5.92 Å². The number of carbonyl (C=O) groups is 1. The van der Waals surface area contributed by atoms with Crippen molar-refractivity contribution in [3.05, 3.63) is 59.8 Å². The van der Waals surface area contributed by atoms with Crippen molar-refractivity contribution in [1.82, 2.24) is 9.97 Å². The van der Waals surface area contributed by atoms with Gasteiger partial charge in [0.1, 0.15) is 5.82 Å². The van der Waals surface area contributed by atoms with Crippen LogP contribution >= 0.6 is 11.6 Å². The van der Waals surface area contributed by atoms with E-state index in [2.05, 4.69) is 15.2 Å². The average molecular weight is 367 g/mol. The summed E-state index contributed by atoms with van der Waals surface area (Å²) in [6.07, 6.45) is 3.60. The van der Waals surface area contributed by atoms with Gasteiger partial charge in [-0.25, -0.2) is 4.98 Å². The lowest BCUT2D eigenvalue weighted by Gasteiger charge is -2.32. The predicted octanol–water partition coefficient (Wildman–Crippen LogP) is 4.14. The SMILES string of the molecule is O=C(Nc1cccc(Cl)c1)[C@H]1CCCN(c2cnc3ccccc3n2)C1. The number of aromatic nitrogens is 2. The molecule has 0 saturated carbocycles. The standard InChI is InChI=1S/C20H19ClN4O/c21-15-6-3-7-16(11-15)23-20(26)14-5-4-10-25(13-14)19-12-22-17-8-1-2-9-18(17)24-19/h1-3,6-9,11-12,14H,4-5,10,13H2,(H,23,26)/t14-/m0/s1. The first-order valence-electron chi connectivity index (χ1n) is 8.72. The van der Waals surface area contributed by atoms with E-state index in [1.807, 2.05) is 36.4 Å². The van der Waals surface area contributed by atoms with Crippen molar-refractivity contribution < 1.29 is 4.79 Å². The molecule has 4 rings (SSSR count). The van der Waals surface area contributed by atoms with Gasteiger partial charge in [0.2, 0.25) is 5.91 Å². The number of carbonyl (C=O) groups excluding carboxylic acids is 1. The van der Waals surface area contributed by atoms with Crippen LogP contribution in [-0.4, -0.2) is 29.0 Å². The van der Waals surface area contributed by atoms with Gasteiger partial charge in [-0.3, -0.25) is 9.78 Å². The maximum atomic E-state index is 12.7. The Balaban J connectivity index is 1.48. The smallest absolute Gasteiger partial charge is 0.229 e. The number of anilines is 2. The van der Waals surface area contributed by atoms with Crippen molar-refractivity contribution in [2.24, 2.45) is 5.92 Å². The van der Waals surface area contributed by atoms with E-state index in [4.69, 9.17) is 16.6 Å². The lowest BCUT2D eigenvalue weighted by Crippen LogP contribution is -2.41. The van der Waals surface area contributed by atoms with Gasteiger partial charge in [-0.1, -0.05) is 29.8 Å². The number of rotatable bonds is 3. The molecule has 0 aliphatic carbocycles. The Kier molecular flexibility index (Phi) is 4.71. The number of para-hydroxylation sites is 2. The van der Waals surface area contributed by atoms with E-state index in [1.165, 1.54) is 0 Å². The fourth-order valence-electron chi connectivity index (χ4n) is 3.31. The Morgan fingerprint density at radius 3 is 2.85 bits per heavy atom. The second kappa shape index (κ2) is 7.30. The van der Waals surface area contributed by atoms with Crippen LogP contribution in [0.4, 0.5) is 11.5 Å². The number of hydrogen-bond donors (Lipinski definition) is 1. The first kappa shape index (κ1) is 16.8. The Hall–Kier alpha value is -2.66. The summed E-state index contributed by atoms with van der Waals surface area (Å²) in [6.45, 7) is 1.52. The monoisotopic (exact) mass is 366 g/mol. The second-order valence-corrected chi connectivity index (χ2v) is 6.94. The number of halogens is 1. The molecule has 6 heteroatoms. The highest BCUT2D eigenvalue weighted by molar-refractivity contribution is 6.30. The van der Waals surface area contributed by atoms with Crippen LogP contribution in [0.3, 0.4) is 0 Å². The summed E-state index contributed by atoms with van der Waals surface area (Å²) in [7, 11) is 0. The Morgan fingerprint density at radius 1 is 1.15 bits per heavy atom. The van der Waals surface area contributed by atoms with Crippen molar-refractivity contribution in [2.45, 2.75) is 12.8 Å². The Morgan fingerprint density at radius 2 is 2.00 bits per heavy atom. The normalized spacial score (nSPS) is 17.3. The van der Waals surface area contributed by atoms with E-state index in [0.717, 1.165) is 41.9 Å². The molecule has 0 spiro atoms.